The van der Waals surface area contributed by atoms with Crippen molar-refractivity contribution >= 4 is 23.2 Å². The van der Waals surface area contributed by atoms with Gasteiger partial charge in [0.1, 0.15) is 12.3 Å². The predicted molar refractivity (Wildman–Crippen MR) is 100 cm³/mol. The van der Waals surface area contributed by atoms with Gasteiger partial charge < -0.3 is 15.0 Å². The van der Waals surface area contributed by atoms with Crippen molar-refractivity contribution in [2.24, 2.45) is 0 Å². The second-order valence-corrected chi connectivity index (χ2v) is 6.00. The molecule has 2 aromatic carbocycles. The highest BCUT2D eigenvalue weighted by Gasteiger charge is 2.16. The van der Waals surface area contributed by atoms with E-state index in [0.29, 0.717) is 16.9 Å². The molecule has 0 aromatic heterocycles. The van der Waals surface area contributed by atoms with Crippen LogP contribution < -0.4 is 15.0 Å². The number of nitriles is 1. The molecular weight excluding hydrogens is 330 g/mol. The average Bonchev–Trinajstić information content (AvgIpc) is 2.61. The van der Waals surface area contributed by atoms with E-state index in [0.717, 1.165) is 5.75 Å². The van der Waals surface area contributed by atoms with Gasteiger partial charge in [0.15, 0.2) is 0 Å². The minimum atomic E-state index is -0.318. The first-order valence-electron chi connectivity index (χ1n) is 8.24. The zero-order chi connectivity index (χ0) is 19.1. The molecule has 134 valence electrons. The normalized spacial score (nSPS) is 10.1. The Labute approximate surface area is 153 Å². The summed E-state index contributed by atoms with van der Waals surface area (Å²) in [6.07, 6.45) is 0.0759. The highest BCUT2D eigenvalue weighted by Crippen LogP contribution is 2.18. The maximum absolute atomic E-state index is 12.3. The molecule has 0 spiro atoms. The van der Waals surface area contributed by atoms with Crippen molar-refractivity contribution in [3.8, 4) is 11.8 Å². The van der Waals surface area contributed by atoms with Gasteiger partial charge in [-0.15, -0.1) is 0 Å². The van der Waals surface area contributed by atoms with Gasteiger partial charge in [-0.2, -0.15) is 5.26 Å². The van der Waals surface area contributed by atoms with Gasteiger partial charge in [0.05, 0.1) is 17.7 Å². The van der Waals surface area contributed by atoms with E-state index in [9.17, 15) is 9.59 Å². The zero-order valence-electron chi connectivity index (χ0n) is 15.0. The summed E-state index contributed by atoms with van der Waals surface area (Å²) >= 11 is 0. The molecule has 0 saturated carbocycles. The van der Waals surface area contributed by atoms with Crippen molar-refractivity contribution in [1.29, 1.82) is 5.26 Å². The summed E-state index contributed by atoms with van der Waals surface area (Å²) in [5, 5.41) is 11.6. The SMILES string of the molecule is CC(=O)N(CC(=O)Nc1ccc(OC(C)C)cc1)c1ccc(C#N)cc1. The monoisotopic (exact) mass is 351 g/mol. The molecule has 0 aliphatic carbocycles. The lowest BCUT2D eigenvalue weighted by atomic mass is 10.2. The molecule has 2 aromatic rings. The molecule has 0 aliphatic heterocycles. The Morgan fingerprint density at radius 2 is 1.73 bits per heavy atom. The minimum absolute atomic E-state index is 0.0759. The van der Waals surface area contributed by atoms with Gasteiger partial charge in [-0.05, 0) is 62.4 Å². The van der Waals surface area contributed by atoms with E-state index in [4.69, 9.17) is 10.00 Å². The molecular formula is C20H21N3O3. The predicted octanol–water partition coefficient (Wildman–Crippen LogP) is 3.34. The van der Waals surface area contributed by atoms with Crippen molar-refractivity contribution in [2.45, 2.75) is 26.9 Å². The number of hydrogen-bond acceptors (Lipinski definition) is 4. The summed E-state index contributed by atoms with van der Waals surface area (Å²) in [6.45, 7) is 5.15. The first-order valence-corrected chi connectivity index (χ1v) is 8.24. The molecule has 2 rings (SSSR count). The molecule has 26 heavy (non-hydrogen) atoms. The summed E-state index contributed by atoms with van der Waals surface area (Å²) in [7, 11) is 0. The Hall–Kier alpha value is -3.33. The fourth-order valence-corrected chi connectivity index (χ4v) is 2.33. The summed E-state index contributed by atoms with van der Waals surface area (Å²) in [5.41, 5.74) is 1.67. The van der Waals surface area contributed by atoms with Gasteiger partial charge in [0.2, 0.25) is 11.8 Å². The number of hydrogen-bond donors (Lipinski definition) is 1. The van der Waals surface area contributed by atoms with E-state index in [-0.39, 0.29) is 24.5 Å². The minimum Gasteiger partial charge on any atom is -0.491 e. The van der Waals surface area contributed by atoms with Crippen LogP contribution in [-0.4, -0.2) is 24.5 Å². The molecule has 2 amide bonds. The van der Waals surface area contributed by atoms with Gasteiger partial charge in [-0.1, -0.05) is 0 Å². The van der Waals surface area contributed by atoms with Gasteiger partial charge in [0.25, 0.3) is 0 Å². The lowest BCUT2D eigenvalue weighted by molar-refractivity contribution is -0.120. The van der Waals surface area contributed by atoms with Crippen molar-refractivity contribution in [3.05, 3.63) is 54.1 Å². The summed E-state index contributed by atoms with van der Waals surface area (Å²) in [4.78, 5) is 25.6. The molecule has 0 saturated heterocycles. The van der Waals surface area contributed by atoms with Crippen LogP contribution in [0.1, 0.15) is 26.3 Å². The Bertz CT molecular complexity index is 806. The van der Waals surface area contributed by atoms with Crippen molar-refractivity contribution in [3.63, 3.8) is 0 Å². The Morgan fingerprint density at radius 3 is 2.23 bits per heavy atom. The van der Waals surface area contributed by atoms with Crippen LogP contribution >= 0.6 is 0 Å². The number of rotatable bonds is 6. The number of nitrogens with zero attached hydrogens (tertiary/aromatic N) is 2. The number of nitrogens with one attached hydrogen (secondary N) is 1. The molecule has 0 aliphatic rings. The molecule has 0 bridgehead atoms. The number of amides is 2. The van der Waals surface area contributed by atoms with Crippen LogP contribution in [0.5, 0.6) is 5.75 Å². The number of carbonyl (C=O) groups excluding carboxylic acids is 2. The topological polar surface area (TPSA) is 82.4 Å². The van der Waals surface area contributed by atoms with Crippen LogP contribution in [-0.2, 0) is 9.59 Å². The van der Waals surface area contributed by atoms with Crippen molar-refractivity contribution in [1.82, 2.24) is 0 Å². The van der Waals surface area contributed by atoms with Gasteiger partial charge >= 0.3 is 0 Å². The number of ether oxygens (including phenoxy) is 1. The third-order valence-corrected chi connectivity index (χ3v) is 3.50. The summed E-state index contributed by atoms with van der Waals surface area (Å²) in [5.74, 6) is 0.147. The molecule has 1 N–H and O–H groups in total. The van der Waals surface area contributed by atoms with Crippen LogP contribution in [0.4, 0.5) is 11.4 Å². The Balaban J connectivity index is 2.03. The fraction of sp³-hybridized carbons (Fsp3) is 0.250. The Kier molecular flexibility index (Phi) is 6.34. The van der Waals surface area contributed by atoms with Gasteiger partial charge in [-0.3, -0.25) is 9.59 Å². The molecule has 6 heteroatoms. The first kappa shape index (κ1) is 19.0. The summed E-state index contributed by atoms with van der Waals surface area (Å²) < 4.78 is 5.56. The quantitative estimate of drug-likeness (QED) is 0.865. The lowest BCUT2D eigenvalue weighted by Gasteiger charge is -2.20. The maximum Gasteiger partial charge on any atom is 0.244 e. The van der Waals surface area contributed by atoms with Crippen LogP contribution in [0.3, 0.4) is 0 Å². The van der Waals surface area contributed by atoms with Crippen LogP contribution in [0.25, 0.3) is 0 Å². The molecule has 0 atom stereocenters. The highest BCUT2D eigenvalue weighted by molar-refractivity contribution is 6.01. The van der Waals surface area contributed by atoms with Crippen molar-refractivity contribution < 1.29 is 14.3 Å². The third kappa shape index (κ3) is 5.35. The fourth-order valence-electron chi connectivity index (χ4n) is 2.33. The molecule has 6 nitrogen and oxygen atoms in total. The number of benzene rings is 2. The first-order chi connectivity index (χ1) is 12.4. The Morgan fingerprint density at radius 1 is 1.12 bits per heavy atom. The van der Waals surface area contributed by atoms with Crippen LogP contribution in [0, 0.1) is 11.3 Å². The highest BCUT2D eigenvalue weighted by atomic mass is 16.5. The van der Waals surface area contributed by atoms with E-state index in [2.05, 4.69) is 5.32 Å². The average molecular weight is 351 g/mol. The molecule has 0 radical (unpaired) electrons. The van der Waals surface area contributed by atoms with Crippen molar-refractivity contribution in [2.75, 3.05) is 16.8 Å². The number of carbonyl (C=O) groups is 2. The molecule has 0 unspecified atom stereocenters. The third-order valence-electron chi connectivity index (χ3n) is 3.50. The molecule has 0 fully saturated rings. The lowest BCUT2D eigenvalue weighted by Crippen LogP contribution is -2.36. The largest absolute Gasteiger partial charge is 0.491 e. The standard InChI is InChI=1S/C20H21N3O3/c1-14(2)26-19-10-6-17(7-11-19)22-20(25)13-23(15(3)24)18-8-4-16(12-21)5-9-18/h4-11,14H,13H2,1-3H3,(H,22,25). The van der Waals surface area contributed by atoms with E-state index >= 15 is 0 Å². The van der Waals surface area contributed by atoms with Gasteiger partial charge in [-0.25, -0.2) is 0 Å². The van der Waals surface area contributed by atoms with E-state index in [1.54, 1.807) is 48.5 Å². The van der Waals surface area contributed by atoms with Gasteiger partial charge in [0, 0.05) is 18.3 Å². The van der Waals surface area contributed by atoms with Crippen LogP contribution in [0.2, 0.25) is 0 Å². The maximum atomic E-state index is 12.3. The number of anilines is 2. The smallest absolute Gasteiger partial charge is 0.244 e. The van der Waals surface area contributed by atoms with E-state index in [1.807, 2.05) is 19.9 Å². The second kappa shape index (κ2) is 8.67. The molecule has 0 heterocycles. The van der Waals surface area contributed by atoms with Crippen LogP contribution in [0.15, 0.2) is 48.5 Å². The second-order valence-electron chi connectivity index (χ2n) is 6.00. The van der Waals surface area contributed by atoms with E-state index < -0.39 is 0 Å². The zero-order valence-corrected chi connectivity index (χ0v) is 15.0. The summed E-state index contributed by atoms with van der Waals surface area (Å²) in [6, 6.07) is 15.6. The van der Waals surface area contributed by atoms with E-state index in [1.165, 1.54) is 11.8 Å².